The van der Waals surface area contributed by atoms with Gasteiger partial charge in [-0.1, -0.05) is 39.0 Å². The third-order valence-electron chi connectivity index (χ3n) is 3.34. The van der Waals surface area contributed by atoms with E-state index in [4.69, 9.17) is 0 Å². The Labute approximate surface area is 112 Å². The standard InChI is InChI=1S/C15H20F2N2/c1-2-3-4-5-6-7-8-15-18-13-9-11(16)12(17)10-14(13)19-15/h9-10H,2-8H2,1H3,(H,18,19). The number of imidazole rings is 1. The molecule has 1 aromatic carbocycles. The van der Waals surface area contributed by atoms with Crippen LogP contribution in [0, 0.1) is 11.6 Å². The second-order valence-corrected chi connectivity index (χ2v) is 4.98. The first-order valence-electron chi connectivity index (χ1n) is 7.04. The lowest BCUT2D eigenvalue weighted by Crippen LogP contribution is -1.88. The van der Waals surface area contributed by atoms with Crippen LogP contribution in [0.1, 0.15) is 51.3 Å². The molecule has 4 heteroatoms. The number of unbranched alkanes of at least 4 members (excludes halogenated alkanes) is 5. The first kappa shape index (κ1) is 14.0. The third kappa shape index (κ3) is 3.75. The van der Waals surface area contributed by atoms with Crippen molar-refractivity contribution in [1.82, 2.24) is 9.97 Å². The van der Waals surface area contributed by atoms with Crippen LogP contribution in [0.2, 0.25) is 0 Å². The number of aromatic amines is 1. The zero-order chi connectivity index (χ0) is 13.7. The fourth-order valence-electron chi connectivity index (χ4n) is 2.25. The van der Waals surface area contributed by atoms with Crippen LogP contribution in [-0.4, -0.2) is 9.97 Å². The van der Waals surface area contributed by atoms with E-state index in [9.17, 15) is 8.78 Å². The van der Waals surface area contributed by atoms with Crippen LogP contribution in [0.5, 0.6) is 0 Å². The van der Waals surface area contributed by atoms with Crippen LogP contribution in [0.25, 0.3) is 11.0 Å². The monoisotopic (exact) mass is 266 g/mol. The molecule has 0 aliphatic rings. The first-order valence-corrected chi connectivity index (χ1v) is 7.04. The summed E-state index contributed by atoms with van der Waals surface area (Å²) in [5, 5.41) is 0. The minimum atomic E-state index is -0.842. The molecule has 1 heterocycles. The number of hydrogen-bond donors (Lipinski definition) is 1. The van der Waals surface area contributed by atoms with Gasteiger partial charge < -0.3 is 4.98 Å². The van der Waals surface area contributed by atoms with E-state index >= 15 is 0 Å². The minimum Gasteiger partial charge on any atom is -0.342 e. The van der Waals surface area contributed by atoms with E-state index in [0.717, 1.165) is 24.7 Å². The average molecular weight is 266 g/mol. The Kier molecular flexibility index (Phi) is 4.88. The molecule has 0 saturated heterocycles. The number of nitrogens with zero attached hydrogens (tertiary/aromatic N) is 1. The number of halogens is 2. The fraction of sp³-hybridized carbons (Fsp3) is 0.533. The van der Waals surface area contributed by atoms with Gasteiger partial charge in [-0.25, -0.2) is 13.8 Å². The maximum Gasteiger partial charge on any atom is 0.161 e. The predicted molar refractivity (Wildman–Crippen MR) is 73.1 cm³/mol. The van der Waals surface area contributed by atoms with Crippen LogP contribution in [0.15, 0.2) is 12.1 Å². The highest BCUT2D eigenvalue weighted by molar-refractivity contribution is 5.75. The van der Waals surface area contributed by atoms with E-state index in [1.165, 1.54) is 38.2 Å². The SMILES string of the molecule is CCCCCCCCc1nc2cc(F)c(F)cc2[nH]1. The molecule has 0 radical (unpaired) electrons. The summed E-state index contributed by atoms with van der Waals surface area (Å²) >= 11 is 0. The molecule has 0 aliphatic carbocycles. The molecule has 0 saturated carbocycles. The highest BCUT2D eigenvalue weighted by atomic mass is 19.2. The number of hydrogen-bond acceptors (Lipinski definition) is 1. The first-order chi connectivity index (χ1) is 9.20. The molecule has 0 bridgehead atoms. The van der Waals surface area contributed by atoms with Crippen molar-refractivity contribution >= 4 is 11.0 Å². The summed E-state index contributed by atoms with van der Waals surface area (Å²) in [7, 11) is 0. The van der Waals surface area contributed by atoms with Gasteiger partial charge in [-0.3, -0.25) is 0 Å². The van der Waals surface area contributed by atoms with Crippen LogP contribution in [0.3, 0.4) is 0 Å². The van der Waals surface area contributed by atoms with Gasteiger partial charge in [-0.05, 0) is 6.42 Å². The van der Waals surface area contributed by atoms with Crippen molar-refractivity contribution in [1.29, 1.82) is 0 Å². The molecule has 19 heavy (non-hydrogen) atoms. The number of fused-ring (bicyclic) bond motifs is 1. The lowest BCUT2D eigenvalue weighted by molar-refractivity contribution is 0.510. The normalized spacial score (nSPS) is 11.3. The second kappa shape index (κ2) is 6.64. The van der Waals surface area contributed by atoms with Crippen molar-refractivity contribution in [2.24, 2.45) is 0 Å². The van der Waals surface area contributed by atoms with Crippen LogP contribution in [0.4, 0.5) is 8.78 Å². The lowest BCUT2D eigenvalue weighted by atomic mass is 10.1. The van der Waals surface area contributed by atoms with E-state index in [1.54, 1.807) is 0 Å². The highest BCUT2D eigenvalue weighted by Crippen LogP contribution is 2.17. The van der Waals surface area contributed by atoms with Gasteiger partial charge in [0, 0.05) is 18.6 Å². The van der Waals surface area contributed by atoms with Gasteiger partial charge in [0.25, 0.3) is 0 Å². The second-order valence-electron chi connectivity index (χ2n) is 4.98. The number of aryl methyl sites for hydroxylation is 1. The van der Waals surface area contributed by atoms with Crippen molar-refractivity contribution in [3.63, 3.8) is 0 Å². The Hall–Kier alpha value is -1.45. The minimum absolute atomic E-state index is 0.500. The zero-order valence-electron chi connectivity index (χ0n) is 11.3. The summed E-state index contributed by atoms with van der Waals surface area (Å²) in [6.45, 7) is 2.20. The Balaban J connectivity index is 1.87. The maximum atomic E-state index is 13.1. The summed E-state index contributed by atoms with van der Waals surface area (Å²) in [5.74, 6) is -0.858. The van der Waals surface area contributed by atoms with Gasteiger partial charge in [0.2, 0.25) is 0 Å². The summed E-state index contributed by atoms with van der Waals surface area (Å²) in [6, 6.07) is 2.31. The van der Waals surface area contributed by atoms with E-state index in [1.807, 2.05) is 0 Å². The fourth-order valence-corrected chi connectivity index (χ4v) is 2.25. The van der Waals surface area contributed by atoms with Gasteiger partial charge in [0.15, 0.2) is 11.6 Å². The molecule has 104 valence electrons. The van der Waals surface area contributed by atoms with Crippen LogP contribution in [-0.2, 0) is 6.42 Å². The quantitative estimate of drug-likeness (QED) is 0.720. The molecule has 0 atom stereocenters. The lowest BCUT2D eigenvalue weighted by Gasteiger charge is -1.98. The zero-order valence-corrected chi connectivity index (χ0v) is 11.3. The summed E-state index contributed by atoms with van der Waals surface area (Å²) in [6.07, 6.45) is 8.16. The van der Waals surface area contributed by atoms with E-state index in [2.05, 4.69) is 16.9 Å². The summed E-state index contributed by atoms with van der Waals surface area (Å²) in [5.41, 5.74) is 1.07. The Morgan fingerprint density at radius 3 is 2.47 bits per heavy atom. The predicted octanol–water partition coefficient (Wildman–Crippen LogP) is 4.74. The largest absolute Gasteiger partial charge is 0.342 e. The average Bonchev–Trinajstić information content (AvgIpc) is 2.76. The molecule has 0 fully saturated rings. The van der Waals surface area contributed by atoms with Crippen LogP contribution >= 0.6 is 0 Å². The number of H-pyrrole nitrogens is 1. The number of nitrogens with one attached hydrogen (secondary N) is 1. The van der Waals surface area contributed by atoms with E-state index in [-0.39, 0.29) is 0 Å². The molecule has 0 unspecified atom stereocenters. The highest BCUT2D eigenvalue weighted by Gasteiger charge is 2.08. The Morgan fingerprint density at radius 1 is 1.00 bits per heavy atom. The molecule has 2 rings (SSSR count). The smallest absolute Gasteiger partial charge is 0.161 e. The van der Waals surface area contributed by atoms with Crippen molar-refractivity contribution in [3.8, 4) is 0 Å². The van der Waals surface area contributed by atoms with Crippen molar-refractivity contribution < 1.29 is 8.78 Å². The van der Waals surface area contributed by atoms with Gasteiger partial charge in [0.05, 0.1) is 11.0 Å². The van der Waals surface area contributed by atoms with Crippen molar-refractivity contribution in [2.45, 2.75) is 51.9 Å². The van der Waals surface area contributed by atoms with E-state index < -0.39 is 11.6 Å². The molecular weight excluding hydrogens is 246 g/mol. The Bertz CT molecular complexity index is 495. The van der Waals surface area contributed by atoms with Crippen molar-refractivity contribution in [2.75, 3.05) is 0 Å². The molecule has 1 aromatic heterocycles. The topological polar surface area (TPSA) is 28.7 Å². The van der Waals surface area contributed by atoms with Crippen LogP contribution < -0.4 is 0 Å². The van der Waals surface area contributed by atoms with Gasteiger partial charge in [0.1, 0.15) is 5.82 Å². The molecule has 2 nitrogen and oxygen atoms in total. The molecule has 2 aromatic rings. The Morgan fingerprint density at radius 2 is 1.68 bits per heavy atom. The van der Waals surface area contributed by atoms with Gasteiger partial charge >= 0.3 is 0 Å². The molecule has 0 aliphatic heterocycles. The number of benzene rings is 1. The maximum absolute atomic E-state index is 13.1. The molecule has 1 N–H and O–H groups in total. The summed E-state index contributed by atoms with van der Waals surface area (Å²) < 4.78 is 26.1. The van der Waals surface area contributed by atoms with Crippen molar-refractivity contribution in [3.05, 3.63) is 29.6 Å². The number of rotatable bonds is 7. The third-order valence-corrected chi connectivity index (χ3v) is 3.34. The van der Waals surface area contributed by atoms with Gasteiger partial charge in [-0.15, -0.1) is 0 Å². The molecular formula is C15H20F2N2. The van der Waals surface area contributed by atoms with E-state index in [0.29, 0.717) is 11.0 Å². The molecule has 0 amide bonds. The number of aromatic nitrogens is 2. The molecule has 0 spiro atoms. The summed E-state index contributed by atoms with van der Waals surface area (Å²) in [4.78, 5) is 7.33. The van der Waals surface area contributed by atoms with Gasteiger partial charge in [-0.2, -0.15) is 0 Å².